The number of carbonyl (C=O) groups is 3. The maximum Gasteiger partial charge on any atom is 0.408 e. The van der Waals surface area contributed by atoms with Crippen LogP contribution in [0.4, 0.5) is 4.79 Å². The molecule has 0 radical (unpaired) electrons. The largest absolute Gasteiger partial charge is 0.444 e. The maximum atomic E-state index is 13.4. The molecular weight excluding hydrogens is 480 g/mol. The molecule has 1 saturated carbocycles. The highest BCUT2D eigenvalue weighted by molar-refractivity contribution is 7.13. The highest BCUT2D eigenvalue weighted by Crippen LogP contribution is 2.35. The van der Waals surface area contributed by atoms with Crippen LogP contribution in [0.3, 0.4) is 0 Å². The van der Waals surface area contributed by atoms with E-state index in [0.29, 0.717) is 6.54 Å². The number of rotatable bonds is 7. The summed E-state index contributed by atoms with van der Waals surface area (Å²) in [6, 6.07) is 6.33. The first-order valence-electron chi connectivity index (χ1n) is 12.3. The zero-order valence-corrected chi connectivity index (χ0v) is 21.9. The predicted molar refractivity (Wildman–Crippen MR) is 136 cm³/mol. The van der Waals surface area contributed by atoms with E-state index in [4.69, 9.17) is 4.74 Å². The van der Waals surface area contributed by atoms with E-state index in [9.17, 15) is 19.5 Å². The third-order valence-electron chi connectivity index (χ3n) is 6.32. The number of amides is 3. The smallest absolute Gasteiger partial charge is 0.408 e. The van der Waals surface area contributed by atoms with Crippen LogP contribution in [0.2, 0.25) is 0 Å². The minimum absolute atomic E-state index is 0.00664. The van der Waals surface area contributed by atoms with Crippen molar-refractivity contribution in [2.24, 2.45) is 5.92 Å². The number of aromatic nitrogens is 1. The van der Waals surface area contributed by atoms with Gasteiger partial charge < -0.3 is 25.4 Å². The lowest BCUT2D eigenvalue weighted by Crippen LogP contribution is -2.54. The Hall–Kier alpha value is -2.98. The molecule has 0 bridgehead atoms. The number of aliphatic hydroxyl groups excluding tert-OH is 1. The fourth-order valence-electron chi connectivity index (χ4n) is 4.39. The lowest BCUT2D eigenvalue weighted by atomic mass is 10.1. The van der Waals surface area contributed by atoms with Crippen LogP contribution in [0, 0.1) is 12.8 Å². The number of benzene rings is 1. The fraction of sp³-hybridized carbons (Fsp3) is 0.538. The Morgan fingerprint density at radius 2 is 1.92 bits per heavy atom. The summed E-state index contributed by atoms with van der Waals surface area (Å²) in [6.07, 6.45) is 0.330. The Bertz CT molecular complexity index is 1110. The molecular formula is C26H34N4O5S. The van der Waals surface area contributed by atoms with Crippen molar-refractivity contribution in [3.05, 3.63) is 41.0 Å². The number of aliphatic hydroxyl groups is 1. The average molecular weight is 515 g/mol. The van der Waals surface area contributed by atoms with Gasteiger partial charge in [-0.05, 0) is 57.6 Å². The highest BCUT2D eigenvalue weighted by Gasteiger charge is 2.46. The van der Waals surface area contributed by atoms with Gasteiger partial charge in [-0.15, -0.1) is 11.3 Å². The zero-order valence-electron chi connectivity index (χ0n) is 21.1. The molecule has 0 unspecified atom stereocenters. The Labute approximate surface area is 215 Å². The van der Waals surface area contributed by atoms with Gasteiger partial charge in [0.1, 0.15) is 17.7 Å². The second-order valence-corrected chi connectivity index (χ2v) is 11.4. The molecule has 2 heterocycles. The Morgan fingerprint density at radius 3 is 2.50 bits per heavy atom. The van der Waals surface area contributed by atoms with Crippen molar-refractivity contribution in [2.75, 3.05) is 6.54 Å². The van der Waals surface area contributed by atoms with E-state index in [1.807, 2.05) is 36.7 Å². The number of hydrogen-bond acceptors (Lipinski definition) is 7. The van der Waals surface area contributed by atoms with E-state index in [1.165, 1.54) is 4.90 Å². The van der Waals surface area contributed by atoms with Crippen molar-refractivity contribution in [3.63, 3.8) is 0 Å². The van der Waals surface area contributed by atoms with Crippen LogP contribution < -0.4 is 10.6 Å². The molecule has 1 saturated heterocycles. The number of ether oxygens (including phenoxy) is 1. The normalized spacial score (nSPS) is 20.6. The molecule has 36 heavy (non-hydrogen) atoms. The molecule has 3 atom stereocenters. The molecule has 2 aliphatic rings. The number of nitrogens with zero attached hydrogens (tertiary/aromatic N) is 2. The molecule has 2 aromatic rings. The van der Waals surface area contributed by atoms with E-state index in [2.05, 4.69) is 15.6 Å². The standard InChI is InChI=1S/C26H34N4O5S/c1-15-22(36-14-28-15)18-7-5-16(6-8-18)12-27-23(32)20-11-19(31)13-30(20)24(33)21(17-9-10-17)29-25(34)35-26(2,3)4/h5-8,14,17,19-21,31H,9-13H2,1-4H3,(H,27,32)(H,29,34)/t19-,20-,21+/m1/s1. The summed E-state index contributed by atoms with van der Waals surface area (Å²) in [5, 5.41) is 15.9. The molecule has 1 aliphatic carbocycles. The van der Waals surface area contributed by atoms with Gasteiger partial charge in [0.05, 0.1) is 22.2 Å². The van der Waals surface area contributed by atoms with Gasteiger partial charge in [0.15, 0.2) is 0 Å². The second kappa shape index (κ2) is 10.6. The van der Waals surface area contributed by atoms with Crippen molar-refractivity contribution in [3.8, 4) is 10.4 Å². The van der Waals surface area contributed by atoms with Crippen LogP contribution in [-0.4, -0.2) is 63.2 Å². The van der Waals surface area contributed by atoms with Gasteiger partial charge in [0.25, 0.3) is 0 Å². The number of β-amino-alcohol motifs (C(OH)–C–C–N with tert-alkyl or cyclic N) is 1. The quantitative estimate of drug-likeness (QED) is 0.522. The number of alkyl carbamates (subject to hydrolysis) is 1. The van der Waals surface area contributed by atoms with E-state index >= 15 is 0 Å². The summed E-state index contributed by atoms with van der Waals surface area (Å²) < 4.78 is 5.33. The molecule has 9 nitrogen and oxygen atoms in total. The summed E-state index contributed by atoms with van der Waals surface area (Å²) in [4.78, 5) is 45.6. The Kier molecular flexibility index (Phi) is 7.65. The third kappa shape index (κ3) is 6.41. The monoisotopic (exact) mass is 514 g/mol. The molecule has 1 aromatic carbocycles. The van der Waals surface area contributed by atoms with E-state index in [1.54, 1.807) is 32.1 Å². The summed E-state index contributed by atoms with van der Waals surface area (Å²) >= 11 is 1.59. The van der Waals surface area contributed by atoms with Gasteiger partial charge in [-0.3, -0.25) is 9.59 Å². The average Bonchev–Trinajstić information content (AvgIpc) is 3.44. The third-order valence-corrected chi connectivity index (χ3v) is 7.30. The minimum atomic E-state index is -0.798. The summed E-state index contributed by atoms with van der Waals surface area (Å²) in [6.45, 7) is 7.60. The van der Waals surface area contributed by atoms with Crippen molar-refractivity contribution < 1.29 is 24.2 Å². The number of hydrogen-bond donors (Lipinski definition) is 3. The van der Waals surface area contributed by atoms with Crippen LogP contribution >= 0.6 is 11.3 Å². The maximum absolute atomic E-state index is 13.4. The number of aryl methyl sites for hydroxylation is 1. The first-order valence-corrected chi connectivity index (χ1v) is 13.1. The number of carbonyl (C=O) groups excluding carboxylic acids is 3. The highest BCUT2D eigenvalue weighted by atomic mass is 32.1. The lowest BCUT2D eigenvalue weighted by molar-refractivity contribution is -0.140. The Balaban J connectivity index is 1.38. The van der Waals surface area contributed by atoms with Crippen molar-refractivity contribution in [2.45, 2.75) is 77.3 Å². The molecule has 3 N–H and O–H groups in total. The fourth-order valence-corrected chi connectivity index (χ4v) is 5.20. The van der Waals surface area contributed by atoms with E-state index in [-0.39, 0.29) is 30.7 Å². The topological polar surface area (TPSA) is 121 Å². The van der Waals surface area contributed by atoms with Gasteiger partial charge in [-0.25, -0.2) is 9.78 Å². The molecule has 3 amide bonds. The second-order valence-electron chi connectivity index (χ2n) is 10.5. The molecule has 4 rings (SSSR count). The van der Waals surface area contributed by atoms with Crippen LogP contribution in [0.5, 0.6) is 0 Å². The molecule has 2 fully saturated rings. The predicted octanol–water partition coefficient (Wildman–Crippen LogP) is 3.00. The lowest BCUT2D eigenvalue weighted by Gasteiger charge is -2.29. The van der Waals surface area contributed by atoms with E-state index < -0.39 is 29.9 Å². The molecule has 0 spiro atoms. The molecule has 10 heteroatoms. The number of likely N-dealkylation sites (tertiary alicyclic amines) is 1. The first kappa shape index (κ1) is 26.1. The zero-order chi connectivity index (χ0) is 26.0. The van der Waals surface area contributed by atoms with Crippen LogP contribution in [-0.2, 0) is 20.9 Å². The van der Waals surface area contributed by atoms with Crippen molar-refractivity contribution in [1.82, 2.24) is 20.5 Å². The first-order chi connectivity index (χ1) is 17.0. The molecule has 1 aliphatic heterocycles. The van der Waals surface area contributed by atoms with Crippen molar-refractivity contribution >= 4 is 29.2 Å². The van der Waals surface area contributed by atoms with E-state index in [0.717, 1.165) is 34.5 Å². The van der Waals surface area contributed by atoms with Gasteiger partial charge in [-0.2, -0.15) is 0 Å². The minimum Gasteiger partial charge on any atom is -0.444 e. The molecule has 1 aromatic heterocycles. The summed E-state index contributed by atoms with van der Waals surface area (Å²) in [5.41, 5.74) is 4.11. The van der Waals surface area contributed by atoms with Gasteiger partial charge in [0, 0.05) is 19.5 Å². The Morgan fingerprint density at radius 1 is 1.22 bits per heavy atom. The van der Waals surface area contributed by atoms with Gasteiger partial charge >= 0.3 is 6.09 Å². The number of thiazole rings is 1. The summed E-state index contributed by atoms with van der Waals surface area (Å²) in [7, 11) is 0. The van der Waals surface area contributed by atoms with Crippen LogP contribution in [0.1, 0.15) is 51.3 Å². The van der Waals surface area contributed by atoms with Gasteiger partial charge in [0.2, 0.25) is 11.8 Å². The SMILES string of the molecule is Cc1ncsc1-c1ccc(CNC(=O)[C@H]2C[C@@H](O)CN2C(=O)[C@@H](NC(=O)OC(C)(C)C)C2CC2)cc1. The van der Waals surface area contributed by atoms with Gasteiger partial charge in [-0.1, -0.05) is 24.3 Å². The van der Waals surface area contributed by atoms with Crippen LogP contribution in [0.15, 0.2) is 29.8 Å². The van der Waals surface area contributed by atoms with Crippen molar-refractivity contribution in [1.29, 1.82) is 0 Å². The molecule has 194 valence electrons. The summed E-state index contributed by atoms with van der Waals surface area (Å²) in [5.74, 6) is -0.675. The number of nitrogens with one attached hydrogen (secondary N) is 2. The van der Waals surface area contributed by atoms with Crippen LogP contribution in [0.25, 0.3) is 10.4 Å².